The number of ether oxygens (including phenoxy) is 2. The van der Waals surface area contributed by atoms with Crippen molar-refractivity contribution in [3.63, 3.8) is 0 Å². The summed E-state index contributed by atoms with van der Waals surface area (Å²) in [6.45, 7) is 0.650. The molecule has 0 bridgehead atoms. The van der Waals surface area contributed by atoms with Crippen LogP contribution in [0.3, 0.4) is 0 Å². The van der Waals surface area contributed by atoms with Gasteiger partial charge in [0.1, 0.15) is 19.0 Å². The molecule has 0 amide bonds. The van der Waals surface area contributed by atoms with Crippen LogP contribution in [0.1, 0.15) is 16.7 Å². The van der Waals surface area contributed by atoms with Crippen LogP contribution in [0.4, 0.5) is 0 Å². The van der Waals surface area contributed by atoms with Crippen molar-refractivity contribution in [2.45, 2.75) is 25.7 Å². The van der Waals surface area contributed by atoms with E-state index in [2.05, 4.69) is 0 Å². The molecule has 1 atom stereocenters. The molecule has 0 aliphatic heterocycles. The van der Waals surface area contributed by atoms with Crippen LogP contribution in [0.2, 0.25) is 0 Å². The number of hydrogen-bond donors (Lipinski definition) is 1. The van der Waals surface area contributed by atoms with Crippen molar-refractivity contribution < 1.29 is 19.4 Å². The van der Waals surface area contributed by atoms with Crippen LogP contribution in [-0.4, -0.2) is 17.2 Å². The minimum absolute atomic E-state index is 0.156. The maximum atomic E-state index is 12.0. The van der Waals surface area contributed by atoms with E-state index in [0.717, 1.165) is 22.4 Å². The Morgan fingerprint density at radius 3 is 1.89 bits per heavy atom. The predicted molar refractivity (Wildman–Crippen MR) is 103 cm³/mol. The quantitative estimate of drug-likeness (QED) is 0.617. The first-order chi connectivity index (χ1) is 13.2. The van der Waals surface area contributed by atoms with Gasteiger partial charge in [-0.25, -0.2) is 4.79 Å². The Kier molecular flexibility index (Phi) is 6.61. The topological polar surface area (TPSA) is 55.8 Å². The fraction of sp³-hybridized carbons (Fsp3) is 0.174. The second-order valence-electron chi connectivity index (χ2n) is 6.23. The van der Waals surface area contributed by atoms with E-state index < -0.39 is 12.1 Å². The lowest BCUT2D eigenvalue weighted by Gasteiger charge is -2.12. The average molecular weight is 362 g/mol. The first kappa shape index (κ1) is 18.7. The van der Waals surface area contributed by atoms with E-state index in [1.54, 1.807) is 0 Å². The summed E-state index contributed by atoms with van der Waals surface area (Å²) in [7, 11) is 0. The molecule has 0 heterocycles. The van der Waals surface area contributed by atoms with Gasteiger partial charge in [-0.3, -0.25) is 0 Å². The van der Waals surface area contributed by atoms with E-state index >= 15 is 0 Å². The van der Waals surface area contributed by atoms with Gasteiger partial charge in [-0.05, 0) is 28.8 Å². The molecule has 27 heavy (non-hydrogen) atoms. The van der Waals surface area contributed by atoms with Crippen molar-refractivity contribution in [3.05, 3.63) is 102 Å². The van der Waals surface area contributed by atoms with Gasteiger partial charge in [-0.1, -0.05) is 72.8 Å². The number of carbonyl (C=O) groups excluding carboxylic acids is 1. The van der Waals surface area contributed by atoms with Crippen LogP contribution < -0.4 is 4.74 Å². The molecule has 0 unspecified atom stereocenters. The van der Waals surface area contributed by atoms with Gasteiger partial charge in [-0.2, -0.15) is 0 Å². The fourth-order valence-corrected chi connectivity index (χ4v) is 2.59. The fourth-order valence-electron chi connectivity index (χ4n) is 2.59. The molecule has 0 aliphatic carbocycles. The molecular weight excluding hydrogens is 340 g/mol. The highest BCUT2D eigenvalue weighted by molar-refractivity contribution is 5.74. The smallest absolute Gasteiger partial charge is 0.335 e. The number of rotatable bonds is 8. The predicted octanol–water partition coefficient (Wildman–Crippen LogP) is 3.91. The highest BCUT2D eigenvalue weighted by atomic mass is 16.5. The third kappa shape index (κ3) is 5.97. The summed E-state index contributed by atoms with van der Waals surface area (Å²) in [6.07, 6.45) is -0.989. The van der Waals surface area contributed by atoms with Gasteiger partial charge in [0.25, 0.3) is 0 Å². The van der Waals surface area contributed by atoms with E-state index in [1.807, 2.05) is 84.9 Å². The standard InChI is InChI=1S/C23H22O4/c24-22(23(25)27-17-20-9-5-2-6-10-20)15-18-11-13-21(14-12-18)26-16-19-7-3-1-4-8-19/h1-14,22,24H,15-17H2/t22-/m0/s1. The minimum Gasteiger partial charge on any atom is -0.489 e. The van der Waals surface area contributed by atoms with Gasteiger partial charge in [0.2, 0.25) is 0 Å². The van der Waals surface area contributed by atoms with Crippen LogP contribution in [0.5, 0.6) is 5.75 Å². The molecule has 0 spiro atoms. The van der Waals surface area contributed by atoms with E-state index in [4.69, 9.17) is 9.47 Å². The van der Waals surface area contributed by atoms with Crippen LogP contribution in [0.15, 0.2) is 84.9 Å². The van der Waals surface area contributed by atoms with Crippen molar-refractivity contribution in [2.24, 2.45) is 0 Å². The Morgan fingerprint density at radius 2 is 1.30 bits per heavy atom. The number of carbonyl (C=O) groups is 1. The zero-order chi connectivity index (χ0) is 18.9. The van der Waals surface area contributed by atoms with Crippen molar-refractivity contribution in [3.8, 4) is 5.75 Å². The zero-order valence-electron chi connectivity index (χ0n) is 15.0. The second-order valence-corrected chi connectivity index (χ2v) is 6.23. The Hall–Kier alpha value is -3.11. The Balaban J connectivity index is 1.46. The summed E-state index contributed by atoms with van der Waals surface area (Å²) in [6, 6.07) is 26.7. The molecule has 0 saturated carbocycles. The van der Waals surface area contributed by atoms with Crippen molar-refractivity contribution in [2.75, 3.05) is 0 Å². The van der Waals surface area contributed by atoms with Gasteiger partial charge >= 0.3 is 5.97 Å². The molecule has 1 N–H and O–H groups in total. The highest BCUT2D eigenvalue weighted by Crippen LogP contribution is 2.16. The molecule has 3 aromatic rings. The summed E-state index contributed by atoms with van der Waals surface area (Å²) in [5.41, 5.74) is 2.82. The van der Waals surface area contributed by atoms with Crippen molar-refractivity contribution >= 4 is 5.97 Å². The Bertz CT molecular complexity index is 829. The molecule has 0 aliphatic rings. The summed E-state index contributed by atoms with van der Waals surface area (Å²) < 4.78 is 10.9. The SMILES string of the molecule is O=C(OCc1ccccc1)[C@@H](O)Cc1ccc(OCc2ccccc2)cc1. The van der Waals surface area contributed by atoms with Crippen LogP contribution in [0.25, 0.3) is 0 Å². The third-order valence-electron chi connectivity index (χ3n) is 4.10. The summed E-state index contributed by atoms with van der Waals surface area (Å²) in [4.78, 5) is 12.0. The van der Waals surface area contributed by atoms with Gasteiger partial charge in [-0.15, -0.1) is 0 Å². The number of hydrogen-bond acceptors (Lipinski definition) is 4. The number of esters is 1. The van der Waals surface area contributed by atoms with Crippen LogP contribution in [-0.2, 0) is 29.2 Å². The molecule has 138 valence electrons. The molecule has 3 rings (SSSR count). The Labute approximate surface area is 159 Å². The van der Waals surface area contributed by atoms with Crippen LogP contribution >= 0.6 is 0 Å². The normalized spacial score (nSPS) is 11.6. The minimum atomic E-state index is -1.19. The molecule has 0 fully saturated rings. The third-order valence-corrected chi connectivity index (χ3v) is 4.10. The lowest BCUT2D eigenvalue weighted by molar-refractivity contribution is -0.154. The first-order valence-electron chi connectivity index (χ1n) is 8.85. The van der Waals surface area contributed by atoms with E-state index in [1.165, 1.54) is 0 Å². The average Bonchev–Trinajstić information content (AvgIpc) is 2.73. The lowest BCUT2D eigenvalue weighted by Crippen LogP contribution is -2.25. The number of aliphatic hydroxyl groups is 1. The largest absolute Gasteiger partial charge is 0.489 e. The molecule has 0 aromatic heterocycles. The van der Waals surface area contributed by atoms with Gasteiger partial charge in [0.15, 0.2) is 6.10 Å². The van der Waals surface area contributed by atoms with Gasteiger partial charge in [0.05, 0.1) is 0 Å². The first-order valence-corrected chi connectivity index (χ1v) is 8.85. The van der Waals surface area contributed by atoms with Crippen molar-refractivity contribution in [1.82, 2.24) is 0 Å². The molecule has 4 heteroatoms. The van der Waals surface area contributed by atoms with E-state index in [-0.39, 0.29) is 13.0 Å². The van der Waals surface area contributed by atoms with Gasteiger partial charge in [0, 0.05) is 6.42 Å². The maximum Gasteiger partial charge on any atom is 0.335 e. The Morgan fingerprint density at radius 1 is 0.741 bits per heavy atom. The summed E-state index contributed by atoms with van der Waals surface area (Å²) >= 11 is 0. The van der Waals surface area contributed by atoms with E-state index in [0.29, 0.717) is 6.61 Å². The van der Waals surface area contributed by atoms with Crippen LogP contribution in [0, 0.1) is 0 Å². The maximum absolute atomic E-state index is 12.0. The highest BCUT2D eigenvalue weighted by Gasteiger charge is 2.17. The molecule has 3 aromatic carbocycles. The summed E-state index contributed by atoms with van der Waals surface area (Å²) in [5.74, 6) is 0.118. The molecule has 0 saturated heterocycles. The monoisotopic (exact) mass is 362 g/mol. The molecular formula is C23H22O4. The lowest BCUT2D eigenvalue weighted by atomic mass is 10.1. The number of aliphatic hydroxyl groups excluding tert-OH is 1. The van der Waals surface area contributed by atoms with Crippen molar-refractivity contribution in [1.29, 1.82) is 0 Å². The number of benzene rings is 3. The van der Waals surface area contributed by atoms with Gasteiger partial charge < -0.3 is 14.6 Å². The second kappa shape index (κ2) is 9.55. The van der Waals surface area contributed by atoms with E-state index in [9.17, 15) is 9.90 Å². The summed E-state index contributed by atoms with van der Waals surface area (Å²) in [5, 5.41) is 10.1. The molecule has 0 radical (unpaired) electrons. The zero-order valence-corrected chi connectivity index (χ0v) is 15.0. The molecule has 4 nitrogen and oxygen atoms in total.